The summed E-state index contributed by atoms with van der Waals surface area (Å²) in [5, 5.41) is 24.6. The van der Waals surface area contributed by atoms with Crippen LogP contribution >= 0.6 is 0 Å². The zero-order chi connectivity index (χ0) is 29.1. The third kappa shape index (κ3) is 8.78. The van der Waals surface area contributed by atoms with Gasteiger partial charge in [-0.15, -0.1) is 0 Å². The summed E-state index contributed by atoms with van der Waals surface area (Å²) in [5.74, 6) is -2.54. The number of phenols is 1. The monoisotopic (exact) mass is 553 g/mol. The van der Waals surface area contributed by atoms with Crippen LogP contribution in [0.3, 0.4) is 0 Å². The van der Waals surface area contributed by atoms with E-state index in [4.69, 9.17) is 11.5 Å². The van der Waals surface area contributed by atoms with E-state index in [1.165, 1.54) is 17.0 Å². The number of benzene rings is 2. The first-order valence-corrected chi connectivity index (χ1v) is 13.6. The van der Waals surface area contributed by atoms with Crippen LogP contribution in [0.25, 0.3) is 0 Å². The number of carboxylic acid groups (broad SMARTS) is 1. The number of phenolic OH excluding ortho intramolecular Hbond substituents is 1. The van der Waals surface area contributed by atoms with Crippen LogP contribution in [0.4, 0.5) is 0 Å². The number of aliphatic carboxylic acids is 1. The van der Waals surface area contributed by atoms with Gasteiger partial charge in [0.25, 0.3) is 0 Å². The van der Waals surface area contributed by atoms with E-state index < -0.39 is 47.9 Å². The Morgan fingerprint density at radius 2 is 1.55 bits per heavy atom. The maximum Gasteiger partial charge on any atom is 0.326 e. The second kappa shape index (κ2) is 15.0. The van der Waals surface area contributed by atoms with Crippen molar-refractivity contribution < 1.29 is 29.4 Å². The number of carbonyl (C=O) groups is 4. The van der Waals surface area contributed by atoms with E-state index in [1.54, 1.807) is 12.1 Å². The molecule has 0 aromatic heterocycles. The molecule has 4 atom stereocenters. The standard InChI is InChI=1S/C29H39N5O6/c30-15-5-4-9-23(28(38)34-16-6-10-25(34)29(39)40)32-27(37)24(18-19-7-2-1-3-8-19)33-26(36)22(31)17-20-11-13-21(35)14-12-20/h1-3,7-8,11-14,22-25,35H,4-6,9-10,15-18,30-31H2,(H,32,37)(H,33,36)(H,39,40). The molecule has 11 heteroatoms. The molecule has 0 spiro atoms. The molecule has 11 nitrogen and oxygen atoms in total. The lowest BCUT2D eigenvalue weighted by atomic mass is 10.0. The maximum absolute atomic E-state index is 13.6. The number of hydrogen-bond donors (Lipinski definition) is 6. The van der Waals surface area contributed by atoms with Crippen molar-refractivity contribution in [2.45, 2.75) is 69.1 Å². The predicted molar refractivity (Wildman–Crippen MR) is 149 cm³/mol. The lowest BCUT2D eigenvalue weighted by molar-refractivity contribution is -0.149. The van der Waals surface area contributed by atoms with E-state index in [0.29, 0.717) is 38.8 Å². The summed E-state index contributed by atoms with van der Waals surface area (Å²) in [5.41, 5.74) is 13.3. The van der Waals surface area contributed by atoms with Crippen LogP contribution in [0.5, 0.6) is 5.75 Å². The smallest absolute Gasteiger partial charge is 0.326 e. The highest BCUT2D eigenvalue weighted by molar-refractivity contribution is 5.94. The van der Waals surface area contributed by atoms with Crippen molar-refractivity contribution in [2.24, 2.45) is 11.5 Å². The van der Waals surface area contributed by atoms with E-state index >= 15 is 0 Å². The number of unbranched alkanes of at least 4 members (excludes halogenated alkanes) is 1. The van der Waals surface area contributed by atoms with E-state index in [-0.39, 0.29) is 25.0 Å². The van der Waals surface area contributed by atoms with Crippen LogP contribution in [0.2, 0.25) is 0 Å². The van der Waals surface area contributed by atoms with Gasteiger partial charge in [-0.1, -0.05) is 42.5 Å². The average molecular weight is 554 g/mol. The molecule has 0 aliphatic carbocycles. The molecule has 2 aromatic rings. The SMILES string of the molecule is NCCCCC(NC(=O)C(Cc1ccccc1)NC(=O)C(N)Cc1ccc(O)cc1)C(=O)N1CCCC1C(=O)O. The number of likely N-dealkylation sites (tertiary alicyclic amines) is 1. The molecular weight excluding hydrogens is 514 g/mol. The van der Waals surface area contributed by atoms with E-state index in [0.717, 1.165) is 11.1 Å². The second-order valence-corrected chi connectivity index (χ2v) is 10.1. The minimum absolute atomic E-state index is 0.0977. The number of nitrogens with zero attached hydrogens (tertiary/aromatic N) is 1. The highest BCUT2D eigenvalue weighted by Crippen LogP contribution is 2.20. The number of carbonyl (C=O) groups excluding carboxylic acids is 3. The molecule has 0 bridgehead atoms. The molecule has 1 saturated heterocycles. The Labute approximate surface area is 233 Å². The number of rotatable bonds is 14. The number of aromatic hydroxyl groups is 1. The molecule has 8 N–H and O–H groups in total. The van der Waals surface area contributed by atoms with Crippen LogP contribution in [0.15, 0.2) is 54.6 Å². The number of hydrogen-bond acceptors (Lipinski definition) is 7. The lowest BCUT2D eigenvalue weighted by Gasteiger charge is -2.29. The Morgan fingerprint density at radius 3 is 2.20 bits per heavy atom. The zero-order valence-electron chi connectivity index (χ0n) is 22.5. The fourth-order valence-electron chi connectivity index (χ4n) is 4.83. The molecule has 2 aromatic carbocycles. The quantitative estimate of drug-likeness (QED) is 0.184. The predicted octanol–water partition coefficient (Wildman–Crippen LogP) is 0.679. The lowest BCUT2D eigenvalue weighted by Crippen LogP contribution is -2.57. The summed E-state index contributed by atoms with van der Waals surface area (Å²) in [6, 6.07) is 11.6. The first-order valence-electron chi connectivity index (χ1n) is 13.6. The number of amides is 3. The number of nitrogens with one attached hydrogen (secondary N) is 2. The van der Waals surface area contributed by atoms with Gasteiger partial charge in [-0.2, -0.15) is 0 Å². The molecule has 1 heterocycles. The fourth-order valence-corrected chi connectivity index (χ4v) is 4.83. The normalized spacial score (nSPS) is 17.1. The van der Waals surface area contributed by atoms with Crippen LogP contribution < -0.4 is 22.1 Å². The van der Waals surface area contributed by atoms with Crippen molar-refractivity contribution in [1.82, 2.24) is 15.5 Å². The van der Waals surface area contributed by atoms with Crippen LogP contribution in [-0.2, 0) is 32.0 Å². The molecule has 0 saturated carbocycles. The molecule has 1 aliphatic rings. The highest BCUT2D eigenvalue weighted by atomic mass is 16.4. The van der Waals surface area contributed by atoms with Gasteiger partial charge in [0.1, 0.15) is 23.9 Å². The molecule has 3 rings (SSSR count). The van der Waals surface area contributed by atoms with Gasteiger partial charge in [0.15, 0.2) is 0 Å². The molecule has 216 valence electrons. The molecule has 0 radical (unpaired) electrons. The van der Waals surface area contributed by atoms with Crippen molar-refractivity contribution in [1.29, 1.82) is 0 Å². The van der Waals surface area contributed by atoms with Crippen LogP contribution in [0.1, 0.15) is 43.2 Å². The average Bonchev–Trinajstić information content (AvgIpc) is 3.44. The molecule has 40 heavy (non-hydrogen) atoms. The highest BCUT2D eigenvalue weighted by Gasteiger charge is 2.38. The summed E-state index contributed by atoms with van der Waals surface area (Å²) in [6.45, 7) is 0.720. The Hall–Kier alpha value is -3.96. The second-order valence-electron chi connectivity index (χ2n) is 10.1. The van der Waals surface area contributed by atoms with E-state index in [2.05, 4.69) is 10.6 Å². The Bertz CT molecular complexity index is 1140. The third-order valence-electron chi connectivity index (χ3n) is 7.03. The Balaban J connectivity index is 1.76. The summed E-state index contributed by atoms with van der Waals surface area (Å²) in [6.07, 6.45) is 2.77. The number of nitrogens with two attached hydrogens (primary N) is 2. The zero-order valence-corrected chi connectivity index (χ0v) is 22.5. The van der Waals surface area contributed by atoms with Crippen molar-refractivity contribution in [3.05, 3.63) is 65.7 Å². The minimum Gasteiger partial charge on any atom is -0.508 e. The van der Waals surface area contributed by atoms with Gasteiger partial charge in [0, 0.05) is 13.0 Å². The molecular formula is C29H39N5O6. The third-order valence-corrected chi connectivity index (χ3v) is 7.03. The summed E-state index contributed by atoms with van der Waals surface area (Å²) in [4.78, 5) is 53.1. The van der Waals surface area contributed by atoms with Gasteiger partial charge < -0.3 is 37.2 Å². The van der Waals surface area contributed by atoms with Crippen LogP contribution in [0, 0.1) is 0 Å². The van der Waals surface area contributed by atoms with Crippen molar-refractivity contribution in [3.8, 4) is 5.75 Å². The number of carboxylic acids is 1. The van der Waals surface area contributed by atoms with Crippen LogP contribution in [-0.4, -0.2) is 76.1 Å². The molecule has 3 amide bonds. The molecule has 4 unspecified atom stereocenters. The largest absolute Gasteiger partial charge is 0.508 e. The molecule has 1 aliphatic heterocycles. The summed E-state index contributed by atoms with van der Waals surface area (Å²) in [7, 11) is 0. The van der Waals surface area contributed by atoms with E-state index in [1.807, 2.05) is 30.3 Å². The topological polar surface area (TPSA) is 188 Å². The van der Waals surface area contributed by atoms with Gasteiger partial charge in [-0.3, -0.25) is 14.4 Å². The van der Waals surface area contributed by atoms with Gasteiger partial charge in [-0.05, 0) is 68.3 Å². The van der Waals surface area contributed by atoms with E-state index in [9.17, 15) is 29.4 Å². The fraction of sp³-hybridized carbons (Fsp3) is 0.448. The first-order chi connectivity index (χ1) is 19.2. The van der Waals surface area contributed by atoms with Crippen molar-refractivity contribution in [3.63, 3.8) is 0 Å². The Morgan fingerprint density at radius 1 is 0.900 bits per heavy atom. The van der Waals surface area contributed by atoms with Gasteiger partial charge in [0.05, 0.1) is 6.04 Å². The van der Waals surface area contributed by atoms with Crippen molar-refractivity contribution >= 4 is 23.7 Å². The van der Waals surface area contributed by atoms with Gasteiger partial charge in [0.2, 0.25) is 17.7 Å². The maximum atomic E-state index is 13.6. The summed E-state index contributed by atoms with van der Waals surface area (Å²) >= 11 is 0. The Kier molecular flexibility index (Phi) is 11.5. The van der Waals surface area contributed by atoms with Gasteiger partial charge in [-0.25, -0.2) is 4.79 Å². The van der Waals surface area contributed by atoms with Gasteiger partial charge >= 0.3 is 5.97 Å². The molecule has 1 fully saturated rings. The minimum atomic E-state index is -1.07. The first kappa shape index (κ1) is 30.6. The summed E-state index contributed by atoms with van der Waals surface area (Å²) < 4.78 is 0. The van der Waals surface area contributed by atoms with Crippen molar-refractivity contribution in [2.75, 3.05) is 13.1 Å².